The highest BCUT2D eigenvalue weighted by Gasteiger charge is 2.32. The zero-order valence-corrected chi connectivity index (χ0v) is 23.6. The van der Waals surface area contributed by atoms with E-state index >= 15 is 0 Å². The molecule has 0 saturated heterocycles. The molecule has 0 spiro atoms. The summed E-state index contributed by atoms with van der Waals surface area (Å²) in [7, 11) is -0.565. The largest absolute Gasteiger partial charge is 0.496 e. The first-order valence-electron chi connectivity index (χ1n) is 13.2. The van der Waals surface area contributed by atoms with Crippen LogP contribution in [-0.2, 0) is 16.4 Å². The van der Waals surface area contributed by atoms with Crippen molar-refractivity contribution in [2.75, 3.05) is 32.3 Å². The van der Waals surface area contributed by atoms with Gasteiger partial charge in [-0.15, -0.1) is 0 Å². The van der Waals surface area contributed by atoms with Crippen molar-refractivity contribution in [1.29, 1.82) is 0 Å². The van der Waals surface area contributed by atoms with E-state index in [1.165, 1.54) is 0 Å². The number of ether oxygens (including phenoxy) is 2. The molecule has 0 aromatic heterocycles. The molecule has 0 aliphatic carbocycles. The Balaban J connectivity index is 1.59. The van der Waals surface area contributed by atoms with Crippen molar-refractivity contribution in [3.63, 3.8) is 0 Å². The molecule has 4 aromatic rings. The first-order chi connectivity index (χ1) is 19.8. The van der Waals surface area contributed by atoms with E-state index in [0.29, 0.717) is 5.84 Å². The van der Waals surface area contributed by atoms with Crippen molar-refractivity contribution in [1.82, 2.24) is 5.32 Å². The van der Waals surface area contributed by atoms with Crippen LogP contribution in [0.25, 0.3) is 22.3 Å². The van der Waals surface area contributed by atoms with Gasteiger partial charge in [-0.05, 0) is 65.1 Å². The Morgan fingerprint density at radius 2 is 1.49 bits per heavy atom. The number of nitrogens with zero attached hydrogens (tertiary/aromatic N) is 2. The summed E-state index contributed by atoms with van der Waals surface area (Å²) >= 11 is 0. The second-order valence-corrected chi connectivity index (χ2v) is 11.5. The predicted molar refractivity (Wildman–Crippen MR) is 161 cm³/mol. The molecule has 2 heterocycles. The molecule has 10 heteroatoms. The number of rotatable bonds is 6. The molecule has 1 unspecified atom stereocenters. The van der Waals surface area contributed by atoms with E-state index in [1.54, 1.807) is 26.4 Å². The maximum atomic E-state index is 12.2. The molecule has 41 heavy (non-hydrogen) atoms. The Hall–Kier alpha value is -4.38. The predicted octanol–water partition coefficient (Wildman–Crippen LogP) is 4.01. The lowest BCUT2D eigenvalue weighted by Crippen LogP contribution is -2.45. The van der Waals surface area contributed by atoms with Crippen molar-refractivity contribution in [2.45, 2.75) is 17.5 Å². The standard InChI is InChI=1S/C31H31N5O4S/c1-39-28-9-5-3-7-21(28)24-16-26-27(17-25(24)22-8-4-6-10-29(22)40-2)36(18-35-30(26)32)31-23-15-20(41(33,37)38)12-11-19(23)13-14-34-31/h3-12,15-17,31,34H,13-14,18H2,1-2H3,(H2,32,35)(H2,33,37,38). The van der Waals surface area contributed by atoms with Crippen LogP contribution < -0.4 is 30.6 Å². The first kappa shape index (κ1) is 26.8. The normalized spacial score (nSPS) is 16.4. The number of nitrogens with one attached hydrogen (secondary N) is 1. The van der Waals surface area contributed by atoms with Crippen LogP contribution in [0, 0.1) is 0 Å². The number of para-hydroxylation sites is 2. The number of hydrogen-bond donors (Lipinski definition) is 3. The summed E-state index contributed by atoms with van der Waals surface area (Å²) in [6.45, 7) is 1.00. The molecule has 2 aliphatic heterocycles. The van der Waals surface area contributed by atoms with E-state index < -0.39 is 10.0 Å². The molecule has 6 rings (SSSR count). The summed E-state index contributed by atoms with van der Waals surface area (Å²) in [6, 6.07) is 24.9. The van der Waals surface area contributed by atoms with Gasteiger partial charge in [0.25, 0.3) is 0 Å². The highest BCUT2D eigenvalue weighted by atomic mass is 32.2. The summed E-state index contributed by atoms with van der Waals surface area (Å²) in [6.07, 6.45) is 0.417. The number of hydrogen-bond acceptors (Lipinski definition) is 8. The Morgan fingerprint density at radius 3 is 2.12 bits per heavy atom. The Bertz CT molecular complexity index is 1790. The number of methoxy groups -OCH3 is 2. The minimum atomic E-state index is -3.87. The number of fused-ring (bicyclic) bond motifs is 2. The van der Waals surface area contributed by atoms with Gasteiger partial charge in [-0.25, -0.2) is 18.5 Å². The summed E-state index contributed by atoms with van der Waals surface area (Å²) in [5.74, 6) is 1.88. The Labute approximate surface area is 239 Å². The number of nitrogens with two attached hydrogens (primary N) is 2. The van der Waals surface area contributed by atoms with E-state index in [9.17, 15) is 8.42 Å². The Morgan fingerprint density at radius 1 is 0.854 bits per heavy atom. The molecule has 0 fully saturated rings. The van der Waals surface area contributed by atoms with Crippen LogP contribution >= 0.6 is 0 Å². The van der Waals surface area contributed by atoms with Crippen molar-refractivity contribution in [3.8, 4) is 33.8 Å². The van der Waals surface area contributed by atoms with Crippen LogP contribution in [-0.4, -0.2) is 41.7 Å². The summed E-state index contributed by atoms with van der Waals surface area (Å²) in [5.41, 5.74) is 13.7. The van der Waals surface area contributed by atoms with Gasteiger partial charge in [-0.1, -0.05) is 42.5 Å². The minimum Gasteiger partial charge on any atom is -0.496 e. The summed E-state index contributed by atoms with van der Waals surface area (Å²) in [5, 5.41) is 9.05. The van der Waals surface area contributed by atoms with Gasteiger partial charge in [0.2, 0.25) is 10.0 Å². The summed E-state index contributed by atoms with van der Waals surface area (Å²) in [4.78, 5) is 6.85. The van der Waals surface area contributed by atoms with Gasteiger partial charge >= 0.3 is 0 Å². The van der Waals surface area contributed by atoms with Gasteiger partial charge in [0, 0.05) is 23.2 Å². The molecule has 0 radical (unpaired) electrons. The van der Waals surface area contributed by atoms with Crippen molar-refractivity contribution in [3.05, 3.63) is 95.6 Å². The molecular formula is C31H31N5O4S. The molecule has 4 aromatic carbocycles. The average Bonchev–Trinajstić information content (AvgIpc) is 3.00. The number of benzene rings is 4. The lowest BCUT2D eigenvalue weighted by Gasteiger charge is -2.40. The van der Waals surface area contributed by atoms with Crippen LogP contribution in [0.5, 0.6) is 11.5 Å². The fourth-order valence-corrected chi connectivity index (χ4v) is 6.26. The molecule has 0 bridgehead atoms. The monoisotopic (exact) mass is 569 g/mol. The molecule has 9 nitrogen and oxygen atoms in total. The molecule has 210 valence electrons. The molecule has 2 aliphatic rings. The lowest BCUT2D eigenvalue weighted by atomic mass is 9.89. The van der Waals surface area contributed by atoms with Crippen LogP contribution in [0.4, 0.5) is 5.69 Å². The fourth-order valence-electron chi connectivity index (χ4n) is 5.71. The molecule has 0 amide bonds. The molecule has 1 atom stereocenters. The van der Waals surface area contributed by atoms with E-state index in [-0.39, 0.29) is 17.7 Å². The van der Waals surface area contributed by atoms with E-state index in [1.807, 2.05) is 60.7 Å². The third-order valence-electron chi connectivity index (χ3n) is 7.69. The summed E-state index contributed by atoms with van der Waals surface area (Å²) < 4.78 is 35.9. The second kappa shape index (κ2) is 10.5. The van der Waals surface area contributed by atoms with Crippen molar-refractivity contribution < 1.29 is 17.9 Å². The zero-order valence-electron chi connectivity index (χ0n) is 22.8. The maximum Gasteiger partial charge on any atom is 0.238 e. The topological polar surface area (TPSA) is 132 Å². The van der Waals surface area contributed by atoms with E-state index in [0.717, 1.165) is 69.1 Å². The first-order valence-corrected chi connectivity index (χ1v) is 14.8. The van der Waals surface area contributed by atoms with E-state index in [4.69, 9.17) is 20.3 Å². The lowest BCUT2D eigenvalue weighted by molar-refractivity contribution is 0.416. The smallest absolute Gasteiger partial charge is 0.238 e. The zero-order chi connectivity index (χ0) is 28.7. The number of anilines is 1. The van der Waals surface area contributed by atoms with Gasteiger partial charge in [0.15, 0.2) is 0 Å². The Kier molecular flexibility index (Phi) is 6.90. The minimum absolute atomic E-state index is 0.0754. The van der Waals surface area contributed by atoms with E-state index in [2.05, 4.69) is 21.3 Å². The SMILES string of the molecule is COc1ccccc1-c1cc2c(cc1-c1ccccc1OC)N(C1NCCc3ccc(S(N)(=O)=O)cc31)CN=C2N. The molecule has 5 N–H and O–H groups in total. The highest BCUT2D eigenvalue weighted by molar-refractivity contribution is 7.89. The average molecular weight is 570 g/mol. The van der Waals surface area contributed by atoms with Crippen molar-refractivity contribution in [2.24, 2.45) is 15.9 Å². The van der Waals surface area contributed by atoms with Crippen LogP contribution in [0.15, 0.2) is 88.8 Å². The van der Waals surface area contributed by atoms with Gasteiger partial charge in [-0.3, -0.25) is 5.32 Å². The van der Waals surface area contributed by atoms with Crippen LogP contribution in [0.1, 0.15) is 22.9 Å². The maximum absolute atomic E-state index is 12.2. The number of aliphatic imine (C=N–C) groups is 1. The van der Waals surface area contributed by atoms with Gasteiger partial charge < -0.3 is 20.1 Å². The van der Waals surface area contributed by atoms with Gasteiger partial charge in [-0.2, -0.15) is 0 Å². The molecular weight excluding hydrogens is 538 g/mol. The molecule has 0 saturated carbocycles. The third kappa shape index (κ3) is 4.80. The second-order valence-electron chi connectivity index (χ2n) is 9.98. The quantitative estimate of drug-likeness (QED) is 0.320. The fraction of sp³-hybridized carbons (Fsp3) is 0.194. The number of amidine groups is 1. The van der Waals surface area contributed by atoms with Gasteiger partial charge in [0.1, 0.15) is 30.2 Å². The number of primary sulfonamides is 1. The highest BCUT2D eigenvalue weighted by Crippen LogP contribution is 2.45. The van der Waals surface area contributed by atoms with Crippen molar-refractivity contribution >= 4 is 21.5 Å². The van der Waals surface area contributed by atoms with Crippen LogP contribution in [0.2, 0.25) is 0 Å². The van der Waals surface area contributed by atoms with Crippen LogP contribution in [0.3, 0.4) is 0 Å². The third-order valence-corrected chi connectivity index (χ3v) is 8.60. The number of sulfonamides is 1. The van der Waals surface area contributed by atoms with Gasteiger partial charge in [0.05, 0.1) is 24.8 Å².